The molecule has 0 aliphatic carbocycles. The van der Waals surface area contributed by atoms with Crippen LogP contribution in [0.3, 0.4) is 0 Å². The quantitative estimate of drug-likeness (QED) is 0.0259. The predicted octanol–water partition coefficient (Wildman–Crippen LogP) is 3.90. The average Bonchev–Trinajstić information content (AvgIpc) is 3.18. The van der Waals surface area contributed by atoms with Gasteiger partial charge >= 0.3 is 5.97 Å². The van der Waals surface area contributed by atoms with Crippen molar-refractivity contribution in [1.29, 1.82) is 0 Å². The number of aryl methyl sites for hydroxylation is 2. The molecule has 376 valence electrons. The zero-order chi connectivity index (χ0) is 51.5. The number of aromatic nitrogens is 1. The fourth-order valence-electron chi connectivity index (χ4n) is 6.61. The third-order valence-electron chi connectivity index (χ3n) is 9.66. The zero-order valence-corrected chi connectivity index (χ0v) is 41.1. The van der Waals surface area contributed by atoms with Crippen molar-refractivity contribution in [3.8, 4) is 0 Å². The maximum absolute atomic E-state index is 12.0. The molecule has 1 heterocycles. The number of carbonyl (C=O) groups is 1. The number of benzene rings is 2. The van der Waals surface area contributed by atoms with E-state index in [2.05, 4.69) is 4.98 Å². The van der Waals surface area contributed by atoms with Crippen LogP contribution in [-0.2, 0) is 60.7 Å². The molecule has 0 saturated heterocycles. The Morgan fingerprint density at radius 3 is 1.62 bits per heavy atom. The summed E-state index contributed by atoms with van der Waals surface area (Å²) in [5, 5.41) is 9.58. The lowest BCUT2D eigenvalue weighted by Crippen LogP contribution is -2.27. The number of hydrogen-bond acceptors (Lipinski definition) is 15. The SMILES string of the molecule is Cc1cc(S(=O)(=O)O)ccc1N(CCCS(=O)(=O)O)C(=CC=C(C=CC(CCCS(=O)(=O)O)=[N+](CCCS(=O)(=O)O)c1ccc(S(=O)(=O)O)cc1C)c1ccc(C(=O)O)cn1)CCCS(=O)(=O)O. The molecule has 23 nitrogen and oxygen atoms in total. The van der Waals surface area contributed by atoms with E-state index in [1.54, 1.807) is 0 Å². The predicted molar refractivity (Wildman–Crippen MR) is 249 cm³/mol. The lowest BCUT2D eigenvalue weighted by Gasteiger charge is -2.29. The Balaban J connectivity index is 2.49. The van der Waals surface area contributed by atoms with Gasteiger partial charge in [0.2, 0.25) is 5.69 Å². The molecule has 0 atom stereocenters. The fraction of sp³-hybridized carbons (Fsp3) is 0.359. The Morgan fingerprint density at radius 2 is 1.13 bits per heavy atom. The highest BCUT2D eigenvalue weighted by molar-refractivity contribution is 7.87. The summed E-state index contributed by atoms with van der Waals surface area (Å²) < 4.78 is 201. The molecule has 0 spiro atoms. The molecule has 3 rings (SSSR count). The Kier molecular flexibility index (Phi) is 20.0. The summed E-state index contributed by atoms with van der Waals surface area (Å²) in [4.78, 5) is 16.5. The van der Waals surface area contributed by atoms with Gasteiger partial charge in [0.25, 0.3) is 60.7 Å². The van der Waals surface area contributed by atoms with Gasteiger partial charge in [0.05, 0.1) is 44.1 Å². The van der Waals surface area contributed by atoms with Gasteiger partial charge in [-0.3, -0.25) is 32.3 Å². The number of carboxylic acid groups (broad SMARTS) is 1. The van der Waals surface area contributed by atoms with Gasteiger partial charge in [0.1, 0.15) is 6.54 Å². The number of pyridine rings is 1. The molecule has 68 heavy (non-hydrogen) atoms. The molecule has 0 amide bonds. The smallest absolute Gasteiger partial charge is 0.337 e. The van der Waals surface area contributed by atoms with Crippen LogP contribution >= 0.6 is 0 Å². The largest absolute Gasteiger partial charge is 0.478 e. The van der Waals surface area contributed by atoms with E-state index < -0.39 is 99.5 Å². The van der Waals surface area contributed by atoms with Crippen molar-refractivity contribution in [3.05, 3.63) is 107 Å². The first kappa shape index (κ1) is 57.5. The van der Waals surface area contributed by atoms with E-state index in [1.807, 2.05) is 0 Å². The molecule has 0 radical (unpaired) electrons. The van der Waals surface area contributed by atoms with Gasteiger partial charge in [-0.1, -0.05) is 6.08 Å². The number of rotatable bonds is 26. The van der Waals surface area contributed by atoms with E-state index >= 15 is 0 Å². The molecule has 3 aromatic rings. The molecule has 29 heteroatoms. The van der Waals surface area contributed by atoms with Gasteiger partial charge in [-0.05, 0) is 99.7 Å². The molecule has 0 fully saturated rings. The standard InChI is InChI=1S/C39H49N3O20S6/c1-28-25-34(67(57,58)59)14-17-37(28)41(19-5-23-65(51,52)53)32(7-3-21-63(45,46)47)12-9-30(36-16-11-31(27-40-36)39(43)44)10-13-33(8-4-22-64(48,49)50)42(20-6-24-66(54,55)56)38-18-15-35(26-29(38)2)68(60,61)62/h9-18,25-27H,3-8,19-24H2,1-2H3,(H6-,43,44,45,46,47,48,49,50,51,52,53,54,55,56,57,58,59,60,61,62)/p+1. The van der Waals surface area contributed by atoms with E-state index in [-0.39, 0.29) is 102 Å². The van der Waals surface area contributed by atoms with Crippen LogP contribution in [-0.4, -0.2) is 140 Å². The van der Waals surface area contributed by atoms with Crippen molar-refractivity contribution < 1.29 is 92.3 Å². The van der Waals surface area contributed by atoms with Crippen molar-refractivity contribution in [2.24, 2.45) is 0 Å². The van der Waals surface area contributed by atoms with Gasteiger partial charge < -0.3 is 10.0 Å². The first-order valence-electron chi connectivity index (χ1n) is 19.8. The molecule has 1 aromatic heterocycles. The Bertz CT molecular complexity index is 3170. The number of hydrogen-bond donors (Lipinski definition) is 7. The highest BCUT2D eigenvalue weighted by atomic mass is 32.2. The highest BCUT2D eigenvalue weighted by Gasteiger charge is 2.24. The van der Waals surface area contributed by atoms with Crippen molar-refractivity contribution in [3.63, 3.8) is 0 Å². The summed E-state index contributed by atoms with van der Waals surface area (Å²) in [5.41, 5.74) is 1.15. The molecule has 0 bridgehead atoms. The minimum Gasteiger partial charge on any atom is -0.478 e. The van der Waals surface area contributed by atoms with Crippen molar-refractivity contribution in [2.45, 2.75) is 62.2 Å². The van der Waals surface area contributed by atoms with Crippen LogP contribution in [0.1, 0.15) is 65.7 Å². The average molecular weight is 1070 g/mol. The van der Waals surface area contributed by atoms with Gasteiger partial charge in [-0.2, -0.15) is 55.1 Å². The second-order valence-electron chi connectivity index (χ2n) is 15.1. The first-order valence-corrected chi connectivity index (χ1v) is 29.1. The molecule has 0 saturated carbocycles. The first-order chi connectivity index (χ1) is 31.1. The number of anilines is 1. The minimum atomic E-state index is -4.71. The van der Waals surface area contributed by atoms with Crippen molar-refractivity contribution in [2.75, 3.05) is 41.0 Å². The van der Waals surface area contributed by atoms with E-state index in [0.29, 0.717) is 0 Å². The summed E-state index contributed by atoms with van der Waals surface area (Å²) in [6.07, 6.45) is 5.17. The van der Waals surface area contributed by atoms with Crippen molar-refractivity contribution in [1.82, 2.24) is 4.98 Å². The monoisotopic (exact) mass is 1070 g/mol. The van der Waals surface area contributed by atoms with Crippen LogP contribution in [0.4, 0.5) is 11.4 Å². The van der Waals surface area contributed by atoms with Crippen LogP contribution in [0.15, 0.2) is 94.5 Å². The lowest BCUT2D eigenvalue weighted by atomic mass is 10.1. The van der Waals surface area contributed by atoms with Crippen LogP contribution in [0.5, 0.6) is 0 Å². The van der Waals surface area contributed by atoms with Gasteiger partial charge in [0.15, 0.2) is 5.71 Å². The van der Waals surface area contributed by atoms with E-state index in [9.17, 15) is 87.7 Å². The van der Waals surface area contributed by atoms with Crippen LogP contribution in [0.2, 0.25) is 0 Å². The van der Waals surface area contributed by atoms with E-state index in [1.165, 1.54) is 71.9 Å². The topological polar surface area (TPSA) is 383 Å². The number of nitrogens with zero attached hydrogens (tertiary/aromatic N) is 3. The zero-order valence-electron chi connectivity index (χ0n) is 36.2. The van der Waals surface area contributed by atoms with E-state index in [4.69, 9.17) is 0 Å². The molecular weight excluding hydrogens is 1020 g/mol. The van der Waals surface area contributed by atoms with E-state index in [0.717, 1.165) is 30.5 Å². The third kappa shape index (κ3) is 20.0. The lowest BCUT2D eigenvalue weighted by molar-refractivity contribution is -0.441. The Hall–Kier alpha value is -4.79. The number of allylic oxidation sites excluding steroid dienone is 6. The summed E-state index contributed by atoms with van der Waals surface area (Å²) >= 11 is 0. The summed E-state index contributed by atoms with van der Waals surface area (Å²) in [6, 6.07) is 9.33. The maximum Gasteiger partial charge on any atom is 0.337 e. The fourth-order valence-corrected chi connectivity index (χ4v) is 9.75. The summed E-state index contributed by atoms with van der Waals surface area (Å²) in [5.74, 6) is -4.39. The van der Waals surface area contributed by atoms with Gasteiger partial charge in [-0.25, -0.2) is 4.79 Å². The summed E-state index contributed by atoms with van der Waals surface area (Å²) in [7, 11) is -27.6. The molecule has 0 aliphatic rings. The van der Waals surface area contributed by atoms with Crippen LogP contribution < -0.4 is 4.90 Å². The number of carboxylic acids is 1. The number of aromatic carboxylic acids is 1. The molecule has 0 unspecified atom stereocenters. The maximum atomic E-state index is 12.0. The second-order valence-corrected chi connectivity index (χ2v) is 24.2. The second kappa shape index (κ2) is 23.7. The minimum absolute atomic E-state index is 0.0651. The summed E-state index contributed by atoms with van der Waals surface area (Å²) in [6.45, 7) is 2.45. The van der Waals surface area contributed by atoms with Gasteiger partial charge in [-0.15, -0.1) is 0 Å². The molecule has 2 aromatic carbocycles. The Morgan fingerprint density at radius 1 is 0.618 bits per heavy atom. The van der Waals surface area contributed by atoms with Crippen LogP contribution in [0, 0.1) is 13.8 Å². The molecule has 7 N–H and O–H groups in total. The Labute approximate surface area is 394 Å². The molecular formula is C39H50N3O20S6+. The third-order valence-corrected chi connectivity index (χ3v) is 14.6. The molecule has 0 aliphatic heterocycles. The van der Waals surface area contributed by atoms with Gasteiger partial charge in [0, 0.05) is 60.2 Å². The normalized spacial score (nSPS) is 14.0. The highest BCUT2D eigenvalue weighted by Crippen LogP contribution is 2.30. The van der Waals surface area contributed by atoms with Crippen LogP contribution in [0.25, 0.3) is 5.57 Å². The van der Waals surface area contributed by atoms with Crippen molar-refractivity contribution >= 4 is 89.3 Å².